The quantitative estimate of drug-likeness (QED) is 0.755. The fourth-order valence-corrected chi connectivity index (χ4v) is 3.10. The molecule has 1 aromatic carbocycles. The van der Waals surface area contributed by atoms with E-state index in [4.69, 9.17) is 4.74 Å². The van der Waals surface area contributed by atoms with Gasteiger partial charge in [-0.3, -0.25) is 0 Å². The standard InChI is InChI=1S/C16H24BrNO/c1-2-13-5-3-4-6-16(13)19-12-11-18-15-9-7-14(17)8-10-15/h7-10,13,16,18H,2-6,11-12H2,1H3. The Balaban J connectivity index is 1.67. The summed E-state index contributed by atoms with van der Waals surface area (Å²) in [5, 5.41) is 3.40. The largest absolute Gasteiger partial charge is 0.383 e. The first-order valence-electron chi connectivity index (χ1n) is 7.40. The van der Waals surface area contributed by atoms with Gasteiger partial charge in [0.25, 0.3) is 0 Å². The van der Waals surface area contributed by atoms with E-state index in [2.05, 4.69) is 52.4 Å². The Labute approximate surface area is 125 Å². The topological polar surface area (TPSA) is 21.3 Å². The van der Waals surface area contributed by atoms with E-state index < -0.39 is 0 Å². The second-order valence-electron chi connectivity index (χ2n) is 5.30. The van der Waals surface area contributed by atoms with Crippen molar-refractivity contribution < 1.29 is 4.74 Å². The van der Waals surface area contributed by atoms with Crippen LogP contribution in [-0.2, 0) is 4.74 Å². The first-order chi connectivity index (χ1) is 9.29. The lowest BCUT2D eigenvalue weighted by Crippen LogP contribution is -2.29. The Morgan fingerprint density at radius 3 is 2.68 bits per heavy atom. The van der Waals surface area contributed by atoms with Crippen molar-refractivity contribution in [1.82, 2.24) is 0 Å². The fourth-order valence-electron chi connectivity index (χ4n) is 2.83. The molecule has 1 aromatic rings. The molecule has 0 amide bonds. The van der Waals surface area contributed by atoms with Gasteiger partial charge in [0.2, 0.25) is 0 Å². The van der Waals surface area contributed by atoms with Crippen LogP contribution >= 0.6 is 15.9 Å². The van der Waals surface area contributed by atoms with Crippen LogP contribution in [0, 0.1) is 5.92 Å². The van der Waals surface area contributed by atoms with E-state index in [-0.39, 0.29) is 0 Å². The highest BCUT2D eigenvalue weighted by Crippen LogP contribution is 2.28. The maximum absolute atomic E-state index is 6.06. The first kappa shape index (κ1) is 14.9. The van der Waals surface area contributed by atoms with Gasteiger partial charge in [0, 0.05) is 16.7 Å². The normalized spacial score (nSPS) is 23.3. The Kier molecular flexibility index (Phi) is 6.18. The van der Waals surface area contributed by atoms with Crippen molar-refractivity contribution >= 4 is 21.6 Å². The van der Waals surface area contributed by atoms with Gasteiger partial charge in [-0.05, 0) is 43.0 Å². The molecule has 0 radical (unpaired) electrons. The number of rotatable bonds is 6. The monoisotopic (exact) mass is 325 g/mol. The molecule has 2 nitrogen and oxygen atoms in total. The van der Waals surface area contributed by atoms with E-state index in [0.717, 1.165) is 29.2 Å². The zero-order valence-corrected chi connectivity index (χ0v) is 13.3. The third-order valence-electron chi connectivity index (χ3n) is 3.97. The molecule has 3 heteroatoms. The van der Waals surface area contributed by atoms with Crippen molar-refractivity contribution in [2.45, 2.75) is 45.1 Å². The van der Waals surface area contributed by atoms with Gasteiger partial charge in [0.1, 0.15) is 0 Å². The Bertz CT molecular complexity index is 366. The lowest BCUT2D eigenvalue weighted by Gasteiger charge is -2.30. The summed E-state index contributed by atoms with van der Waals surface area (Å²) in [6.07, 6.45) is 7.06. The lowest BCUT2D eigenvalue weighted by molar-refractivity contribution is -0.00688. The van der Waals surface area contributed by atoms with Gasteiger partial charge in [-0.2, -0.15) is 0 Å². The molecule has 2 unspecified atom stereocenters. The van der Waals surface area contributed by atoms with Crippen LogP contribution in [0.2, 0.25) is 0 Å². The van der Waals surface area contributed by atoms with Gasteiger partial charge in [0.15, 0.2) is 0 Å². The summed E-state index contributed by atoms with van der Waals surface area (Å²) in [4.78, 5) is 0. The van der Waals surface area contributed by atoms with Crippen LogP contribution in [-0.4, -0.2) is 19.3 Å². The van der Waals surface area contributed by atoms with E-state index in [1.807, 2.05) is 0 Å². The van der Waals surface area contributed by atoms with Crippen LogP contribution in [0.1, 0.15) is 39.0 Å². The molecule has 0 bridgehead atoms. The highest BCUT2D eigenvalue weighted by atomic mass is 79.9. The molecule has 1 saturated carbocycles. The number of anilines is 1. The van der Waals surface area contributed by atoms with Crippen LogP contribution in [0.25, 0.3) is 0 Å². The zero-order chi connectivity index (χ0) is 13.5. The van der Waals surface area contributed by atoms with Crippen LogP contribution < -0.4 is 5.32 Å². The first-order valence-corrected chi connectivity index (χ1v) is 8.20. The number of nitrogens with one attached hydrogen (secondary N) is 1. The number of ether oxygens (including phenoxy) is 1. The molecule has 0 aliphatic heterocycles. The molecule has 1 fully saturated rings. The number of benzene rings is 1. The lowest BCUT2D eigenvalue weighted by atomic mass is 9.85. The highest BCUT2D eigenvalue weighted by Gasteiger charge is 2.23. The molecule has 106 valence electrons. The predicted molar refractivity (Wildman–Crippen MR) is 84.6 cm³/mol. The third kappa shape index (κ3) is 4.81. The molecule has 1 aliphatic carbocycles. The van der Waals surface area contributed by atoms with Crippen LogP contribution in [0.15, 0.2) is 28.7 Å². The van der Waals surface area contributed by atoms with Crippen LogP contribution in [0.4, 0.5) is 5.69 Å². The van der Waals surface area contributed by atoms with Crippen molar-refractivity contribution in [3.05, 3.63) is 28.7 Å². The highest BCUT2D eigenvalue weighted by molar-refractivity contribution is 9.10. The minimum atomic E-state index is 0.491. The average molecular weight is 326 g/mol. The summed E-state index contributed by atoms with van der Waals surface area (Å²) in [6.45, 7) is 3.97. The molecule has 1 N–H and O–H groups in total. The predicted octanol–water partition coefficient (Wildman–Crippen LogP) is 4.85. The molecule has 19 heavy (non-hydrogen) atoms. The minimum Gasteiger partial charge on any atom is -0.383 e. The second-order valence-corrected chi connectivity index (χ2v) is 6.21. The fraction of sp³-hybridized carbons (Fsp3) is 0.625. The Morgan fingerprint density at radius 1 is 1.21 bits per heavy atom. The molecule has 0 spiro atoms. The van der Waals surface area contributed by atoms with Gasteiger partial charge >= 0.3 is 0 Å². The average Bonchev–Trinajstić information content (AvgIpc) is 2.46. The van der Waals surface area contributed by atoms with Crippen LogP contribution in [0.5, 0.6) is 0 Å². The SMILES string of the molecule is CCC1CCCCC1OCCNc1ccc(Br)cc1. The van der Waals surface area contributed by atoms with Gasteiger partial charge in [0.05, 0.1) is 12.7 Å². The molecular weight excluding hydrogens is 302 g/mol. The molecule has 2 rings (SSSR count). The minimum absolute atomic E-state index is 0.491. The molecule has 1 aliphatic rings. The maximum atomic E-state index is 6.06. The van der Waals surface area contributed by atoms with Crippen molar-refractivity contribution in [3.63, 3.8) is 0 Å². The van der Waals surface area contributed by atoms with Gasteiger partial charge in [-0.25, -0.2) is 0 Å². The zero-order valence-electron chi connectivity index (χ0n) is 11.7. The molecule has 0 aromatic heterocycles. The molecule has 0 saturated heterocycles. The van der Waals surface area contributed by atoms with Gasteiger partial charge in [-0.15, -0.1) is 0 Å². The molecule has 2 atom stereocenters. The Morgan fingerprint density at radius 2 is 1.95 bits per heavy atom. The summed E-state index contributed by atoms with van der Waals surface area (Å²) in [5.41, 5.74) is 1.16. The van der Waals surface area contributed by atoms with E-state index >= 15 is 0 Å². The maximum Gasteiger partial charge on any atom is 0.0642 e. The van der Waals surface area contributed by atoms with Crippen molar-refractivity contribution in [3.8, 4) is 0 Å². The summed E-state index contributed by atoms with van der Waals surface area (Å²) >= 11 is 3.44. The Hall–Kier alpha value is -0.540. The summed E-state index contributed by atoms with van der Waals surface area (Å²) in [5.74, 6) is 0.779. The number of hydrogen-bond acceptors (Lipinski definition) is 2. The summed E-state index contributed by atoms with van der Waals surface area (Å²) < 4.78 is 7.17. The summed E-state index contributed by atoms with van der Waals surface area (Å²) in [7, 11) is 0. The van der Waals surface area contributed by atoms with Gasteiger partial charge < -0.3 is 10.1 Å². The van der Waals surface area contributed by atoms with E-state index in [9.17, 15) is 0 Å². The van der Waals surface area contributed by atoms with Crippen molar-refractivity contribution in [1.29, 1.82) is 0 Å². The summed E-state index contributed by atoms with van der Waals surface area (Å²) in [6, 6.07) is 8.27. The second kappa shape index (κ2) is 7.91. The van der Waals surface area contributed by atoms with E-state index in [1.54, 1.807) is 0 Å². The molecular formula is C16H24BrNO. The van der Waals surface area contributed by atoms with Crippen molar-refractivity contribution in [2.75, 3.05) is 18.5 Å². The van der Waals surface area contributed by atoms with Crippen molar-refractivity contribution in [2.24, 2.45) is 5.92 Å². The smallest absolute Gasteiger partial charge is 0.0642 e. The van der Waals surface area contributed by atoms with Gasteiger partial charge in [-0.1, -0.05) is 42.1 Å². The van der Waals surface area contributed by atoms with Crippen LogP contribution in [0.3, 0.4) is 0 Å². The molecule has 0 heterocycles. The van der Waals surface area contributed by atoms with E-state index in [1.165, 1.54) is 32.1 Å². The van der Waals surface area contributed by atoms with E-state index in [0.29, 0.717) is 6.10 Å². The number of hydrogen-bond donors (Lipinski definition) is 1. The third-order valence-corrected chi connectivity index (χ3v) is 4.50. The number of halogens is 1.